The molecule has 6 atom stereocenters. The molecule has 0 spiro atoms. The second-order valence-corrected chi connectivity index (χ2v) is 19.3. The van der Waals surface area contributed by atoms with Crippen molar-refractivity contribution in [1.82, 2.24) is 20.3 Å². The van der Waals surface area contributed by atoms with Gasteiger partial charge in [-0.1, -0.05) is 85.0 Å². The third-order valence-corrected chi connectivity index (χ3v) is 15.5. The lowest BCUT2D eigenvalue weighted by molar-refractivity contribution is -0.120. The van der Waals surface area contributed by atoms with Crippen molar-refractivity contribution >= 4 is 24.9 Å². The van der Waals surface area contributed by atoms with Gasteiger partial charge in [0, 0.05) is 25.0 Å². The average molecular weight is 696 g/mol. The third-order valence-electron chi connectivity index (χ3n) is 11.1. The van der Waals surface area contributed by atoms with Crippen LogP contribution in [0.3, 0.4) is 0 Å². The Kier molecular flexibility index (Phi) is 11.8. The second kappa shape index (κ2) is 16.5. The molecule has 266 valence electrons. The lowest BCUT2D eigenvalue weighted by Crippen LogP contribution is -2.50. The van der Waals surface area contributed by atoms with Crippen molar-refractivity contribution in [3.05, 3.63) is 102 Å². The van der Waals surface area contributed by atoms with E-state index in [2.05, 4.69) is 77.4 Å². The largest absolute Gasteiger partial charge is 0.497 e. The molecule has 2 aliphatic rings. The van der Waals surface area contributed by atoms with Gasteiger partial charge < -0.3 is 25.2 Å². The lowest BCUT2D eigenvalue weighted by atomic mass is 9.95. The summed E-state index contributed by atoms with van der Waals surface area (Å²) >= 11 is 0. The van der Waals surface area contributed by atoms with E-state index >= 15 is 0 Å². The van der Waals surface area contributed by atoms with Gasteiger partial charge in [0.2, 0.25) is 5.91 Å². The van der Waals surface area contributed by atoms with E-state index in [1.165, 1.54) is 10.8 Å². The summed E-state index contributed by atoms with van der Waals surface area (Å²) in [5, 5.41) is 27.0. The van der Waals surface area contributed by atoms with Gasteiger partial charge in [0.25, 0.3) is 0 Å². The highest BCUT2D eigenvalue weighted by atomic mass is 28.3. The van der Waals surface area contributed by atoms with Gasteiger partial charge in [-0.25, -0.2) is 0 Å². The number of aliphatic hydroxyl groups is 1. The number of hydrogen-bond donors (Lipinski definition) is 3. The maximum Gasteiger partial charge on any atom is 0.228 e. The maximum absolute atomic E-state index is 12.9. The van der Waals surface area contributed by atoms with Crippen LogP contribution in [-0.2, 0) is 22.5 Å². The topological polar surface area (TPSA) is 111 Å². The number of anilines is 1. The normalized spacial score (nSPS) is 23.0. The van der Waals surface area contributed by atoms with Crippen LogP contribution in [-0.4, -0.2) is 73.1 Å². The van der Waals surface area contributed by atoms with Crippen LogP contribution in [0.5, 0.6) is 5.75 Å². The molecule has 1 aromatic heterocycles. The molecule has 0 aliphatic carbocycles. The molecule has 2 aliphatic heterocycles. The summed E-state index contributed by atoms with van der Waals surface area (Å²) in [6.07, 6.45) is 6.75. The molecule has 0 saturated carbocycles. The van der Waals surface area contributed by atoms with Crippen LogP contribution in [0.1, 0.15) is 55.3 Å². The SMILES string of the molecule is COc1ccc([Si](C)(C)[C@H]2[C@H](C)[C@H](CCc3cccc(NC(=O)C4CCCNC4)c3)O[C@@H]2CCn2cc(C(CO)c3ccccc3)nn2)cc1. The molecule has 3 aromatic carbocycles. The minimum atomic E-state index is -2.01. The monoisotopic (exact) mass is 695 g/mol. The van der Waals surface area contributed by atoms with E-state index in [9.17, 15) is 9.90 Å². The molecule has 50 heavy (non-hydrogen) atoms. The van der Waals surface area contributed by atoms with Crippen LogP contribution in [0.15, 0.2) is 85.1 Å². The van der Waals surface area contributed by atoms with Gasteiger partial charge in [0.1, 0.15) is 5.75 Å². The van der Waals surface area contributed by atoms with Gasteiger partial charge in [-0.2, -0.15) is 0 Å². The number of carbonyl (C=O) groups is 1. The second-order valence-electron chi connectivity index (χ2n) is 14.7. The van der Waals surface area contributed by atoms with Crippen LogP contribution in [0, 0.1) is 11.8 Å². The summed E-state index contributed by atoms with van der Waals surface area (Å²) in [5.41, 5.74) is 4.27. The van der Waals surface area contributed by atoms with E-state index < -0.39 is 8.07 Å². The summed E-state index contributed by atoms with van der Waals surface area (Å²) in [6.45, 7) is 9.72. The van der Waals surface area contributed by atoms with Crippen LogP contribution in [0.4, 0.5) is 5.69 Å². The first-order chi connectivity index (χ1) is 24.3. The van der Waals surface area contributed by atoms with Crippen LogP contribution >= 0.6 is 0 Å². The molecule has 2 unspecified atom stereocenters. The Morgan fingerprint density at radius 2 is 1.88 bits per heavy atom. The number of aromatic nitrogens is 3. The van der Waals surface area contributed by atoms with E-state index in [4.69, 9.17) is 9.47 Å². The molecular formula is C40H53N5O4Si. The highest BCUT2D eigenvalue weighted by Crippen LogP contribution is 2.46. The van der Waals surface area contributed by atoms with Gasteiger partial charge in [-0.15, -0.1) is 5.10 Å². The first kappa shape index (κ1) is 36.0. The van der Waals surface area contributed by atoms with E-state index in [0.717, 1.165) is 67.9 Å². The Hall–Kier alpha value is -3.83. The average Bonchev–Trinajstić information content (AvgIpc) is 3.75. The van der Waals surface area contributed by atoms with Crippen LogP contribution in [0.2, 0.25) is 18.6 Å². The molecule has 0 bridgehead atoms. The summed E-state index contributed by atoms with van der Waals surface area (Å²) in [7, 11) is -0.305. The predicted octanol–water partition coefficient (Wildman–Crippen LogP) is 5.76. The Morgan fingerprint density at radius 3 is 2.60 bits per heavy atom. The molecule has 10 heteroatoms. The first-order valence-corrected chi connectivity index (χ1v) is 21.3. The van der Waals surface area contributed by atoms with Gasteiger partial charge in [0.05, 0.1) is 51.5 Å². The van der Waals surface area contributed by atoms with Crippen molar-refractivity contribution in [3.8, 4) is 5.75 Å². The molecular weight excluding hydrogens is 643 g/mol. The van der Waals surface area contributed by atoms with Crippen molar-refractivity contribution in [2.75, 3.05) is 32.1 Å². The fraction of sp³-hybridized carbons (Fsp3) is 0.475. The van der Waals surface area contributed by atoms with Crippen molar-refractivity contribution in [1.29, 1.82) is 0 Å². The number of carbonyl (C=O) groups excluding carboxylic acids is 1. The number of ether oxygens (including phenoxy) is 2. The fourth-order valence-corrected chi connectivity index (χ4v) is 12.4. The first-order valence-electron chi connectivity index (χ1n) is 18.2. The van der Waals surface area contributed by atoms with Crippen LogP contribution < -0.4 is 20.6 Å². The number of aliphatic hydroxyl groups excluding tert-OH is 1. The lowest BCUT2D eigenvalue weighted by Gasteiger charge is -2.36. The van der Waals surface area contributed by atoms with Crippen molar-refractivity contribution in [2.24, 2.45) is 11.8 Å². The molecule has 0 radical (unpaired) electrons. The van der Waals surface area contributed by atoms with Gasteiger partial charge >= 0.3 is 0 Å². The number of benzene rings is 3. The maximum atomic E-state index is 12.9. The van der Waals surface area contributed by atoms with Crippen molar-refractivity contribution in [3.63, 3.8) is 0 Å². The number of nitrogens with zero attached hydrogens (tertiary/aromatic N) is 3. The molecule has 6 rings (SSSR count). The fourth-order valence-electron chi connectivity index (χ4n) is 8.25. The molecule has 3 N–H and O–H groups in total. The molecule has 4 aromatic rings. The van der Waals surface area contributed by atoms with Gasteiger partial charge in [0.15, 0.2) is 0 Å². The van der Waals surface area contributed by atoms with Gasteiger partial charge in [-0.3, -0.25) is 9.48 Å². The van der Waals surface area contributed by atoms with E-state index in [1.54, 1.807) is 7.11 Å². The highest BCUT2D eigenvalue weighted by Gasteiger charge is 2.50. The third kappa shape index (κ3) is 8.37. The highest BCUT2D eigenvalue weighted by molar-refractivity contribution is 6.91. The van der Waals surface area contributed by atoms with Crippen LogP contribution in [0.25, 0.3) is 0 Å². The zero-order valence-corrected chi connectivity index (χ0v) is 30.9. The standard InChI is InChI=1S/C40H53N5O4Si/c1-28-37(20-15-29-10-8-14-32(24-29)42-40(47)31-13-9-22-41-25-31)49-38(39(28)50(3,4)34-18-16-33(48-2)17-19-34)21-23-45-26-36(43-44-45)35(27-46)30-11-6-5-7-12-30/h5-8,10-12,14,16-19,24,26,28,31,35,37-39,41,46H,9,13,15,20-23,25,27H2,1-4H3,(H,42,47)/t28-,31?,35?,37+,38-,39+/m1/s1. The summed E-state index contributed by atoms with van der Waals surface area (Å²) in [5.74, 6) is 1.16. The predicted molar refractivity (Wildman–Crippen MR) is 201 cm³/mol. The Balaban J connectivity index is 1.16. The van der Waals surface area contributed by atoms with E-state index in [-0.39, 0.29) is 36.6 Å². The number of piperidine rings is 1. The van der Waals surface area contributed by atoms with Gasteiger partial charge in [-0.05, 0) is 85.5 Å². The summed E-state index contributed by atoms with van der Waals surface area (Å²) < 4.78 is 14.4. The zero-order valence-electron chi connectivity index (χ0n) is 29.9. The van der Waals surface area contributed by atoms with Crippen molar-refractivity contribution in [2.45, 2.75) is 82.3 Å². The molecule has 3 heterocycles. The minimum absolute atomic E-state index is 0.0232. The number of nitrogens with one attached hydrogen (secondary N) is 2. The molecule has 1 amide bonds. The quantitative estimate of drug-likeness (QED) is 0.144. The van der Waals surface area contributed by atoms with E-state index in [0.29, 0.717) is 18.0 Å². The number of rotatable bonds is 14. The number of aryl methyl sites for hydroxylation is 2. The minimum Gasteiger partial charge on any atom is -0.497 e. The molecule has 2 fully saturated rings. The number of amides is 1. The Labute approximate surface area is 297 Å². The zero-order chi connectivity index (χ0) is 35.1. The summed E-state index contributed by atoms with van der Waals surface area (Å²) in [4.78, 5) is 12.9. The van der Waals surface area contributed by atoms with Crippen molar-refractivity contribution < 1.29 is 19.4 Å². The summed E-state index contributed by atoms with van der Waals surface area (Å²) in [6, 6.07) is 26.9. The Bertz CT molecular complexity index is 1670. The molecule has 2 saturated heterocycles. The smallest absolute Gasteiger partial charge is 0.228 e. The Morgan fingerprint density at radius 1 is 1.08 bits per heavy atom. The number of methoxy groups -OCH3 is 1. The van der Waals surface area contributed by atoms with E-state index in [1.807, 2.05) is 53.3 Å². The number of hydrogen-bond acceptors (Lipinski definition) is 7. The molecule has 9 nitrogen and oxygen atoms in total.